The highest BCUT2D eigenvalue weighted by atomic mass is 32.1. The van der Waals surface area contributed by atoms with Crippen molar-refractivity contribution < 1.29 is 9.15 Å². The van der Waals surface area contributed by atoms with E-state index in [4.69, 9.17) is 14.1 Å². The molecule has 0 amide bonds. The normalized spacial score (nSPS) is 14.6. The lowest BCUT2D eigenvalue weighted by molar-refractivity contribution is 0.122. The maximum atomic E-state index is 13.2. The molecule has 148 valence electrons. The fourth-order valence-electron chi connectivity index (χ4n) is 3.39. The Balaban J connectivity index is 1.64. The van der Waals surface area contributed by atoms with Gasteiger partial charge in [-0.15, -0.1) is 0 Å². The molecule has 0 bridgehead atoms. The molecule has 0 unspecified atom stereocenters. The first kappa shape index (κ1) is 18.1. The molecule has 1 saturated heterocycles. The number of rotatable bonds is 4. The number of benzene rings is 1. The van der Waals surface area contributed by atoms with Crippen LogP contribution in [0.15, 0.2) is 51.9 Å². The molecule has 1 aromatic carbocycles. The molecule has 8 heteroatoms. The largest absolute Gasteiger partial charge is 0.463 e. The van der Waals surface area contributed by atoms with Crippen LogP contribution < -0.4 is 10.5 Å². The average molecular weight is 408 g/mol. The fourth-order valence-corrected chi connectivity index (χ4v) is 4.48. The molecule has 0 aliphatic carbocycles. The highest BCUT2D eigenvalue weighted by Crippen LogP contribution is 2.34. The van der Waals surface area contributed by atoms with Crippen molar-refractivity contribution in [2.75, 3.05) is 31.2 Å². The van der Waals surface area contributed by atoms with Crippen molar-refractivity contribution in [3.8, 4) is 11.5 Å². The third-order valence-electron chi connectivity index (χ3n) is 4.98. The van der Waals surface area contributed by atoms with Crippen LogP contribution in [-0.4, -0.2) is 41.1 Å². The molecule has 1 aliphatic rings. The van der Waals surface area contributed by atoms with E-state index in [0.717, 1.165) is 28.5 Å². The van der Waals surface area contributed by atoms with Gasteiger partial charge >= 0.3 is 0 Å². The molecular formula is C21H20N4O3S. The molecule has 5 rings (SSSR count). The number of hydrogen-bond acceptors (Lipinski definition) is 7. The van der Waals surface area contributed by atoms with E-state index >= 15 is 0 Å². The van der Waals surface area contributed by atoms with Crippen molar-refractivity contribution in [2.24, 2.45) is 0 Å². The van der Waals surface area contributed by atoms with Gasteiger partial charge in [0.05, 0.1) is 30.7 Å². The zero-order chi connectivity index (χ0) is 19.8. The predicted molar refractivity (Wildman–Crippen MR) is 113 cm³/mol. The van der Waals surface area contributed by atoms with E-state index in [9.17, 15) is 4.79 Å². The number of aromatic nitrogens is 3. The summed E-state index contributed by atoms with van der Waals surface area (Å²) in [6.07, 6.45) is 1.61. The van der Waals surface area contributed by atoms with Gasteiger partial charge < -0.3 is 14.1 Å². The number of nitrogens with zero attached hydrogens (tertiary/aromatic N) is 4. The smallest absolute Gasteiger partial charge is 0.294 e. The number of hydrogen-bond donors (Lipinski definition) is 0. The van der Waals surface area contributed by atoms with E-state index in [0.29, 0.717) is 36.7 Å². The summed E-state index contributed by atoms with van der Waals surface area (Å²) < 4.78 is 13.3. The van der Waals surface area contributed by atoms with Gasteiger partial charge in [-0.25, -0.2) is 9.67 Å². The first-order valence-corrected chi connectivity index (χ1v) is 10.3. The Morgan fingerprint density at radius 2 is 1.93 bits per heavy atom. The first-order chi connectivity index (χ1) is 14.2. The standard InChI is InChI=1S/C21H20N4O3S/c1-14-4-6-15(7-5-14)13-25-20(26)18-19(17(23-25)16-3-2-10-28-16)29-21(22-18)24-8-11-27-12-9-24/h2-7,10H,8-9,11-13H2,1H3. The average Bonchev–Trinajstić information content (AvgIpc) is 3.43. The highest BCUT2D eigenvalue weighted by molar-refractivity contribution is 7.22. The Labute approximate surface area is 171 Å². The van der Waals surface area contributed by atoms with Crippen molar-refractivity contribution in [1.29, 1.82) is 0 Å². The van der Waals surface area contributed by atoms with Gasteiger partial charge in [0.25, 0.3) is 5.56 Å². The Kier molecular flexibility index (Phi) is 4.65. The monoisotopic (exact) mass is 408 g/mol. The molecule has 4 heterocycles. The summed E-state index contributed by atoms with van der Waals surface area (Å²) in [7, 11) is 0. The van der Waals surface area contributed by atoms with Crippen molar-refractivity contribution in [1.82, 2.24) is 14.8 Å². The minimum absolute atomic E-state index is 0.188. The van der Waals surface area contributed by atoms with E-state index in [1.807, 2.05) is 43.3 Å². The maximum Gasteiger partial charge on any atom is 0.294 e. The van der Waals surface area contributed by atoms with Gasteiger partial charge in [-0.2, -0.15) is 5.10 Å². The number of ether oxygens (including phenoxy) is 1. The molecule has 0 N–H and O–H groups in total. The lowest BCUT2D eigenvalue weighted by Gasteiger charge is -2.25. The molecule has 0 spiro atoms. The molecule has 29 heavy (non-hydrogen) atoms. The summed E-state index contributed by atoms with van der Waals surface area (Å²) in [5, 5.41) is 5.48. The minimum Gasteiger partial charge on any atom is -0.463 e. The zero-order valence-corrected chi connectivity index (χ0v) is 16.8. The van der Waals surface area contributed by atoms with E-state index in [1.54, 1.807) is 6.26 Å². The molecule has 0 atom stereocenters. The van der Waals surface area contributed by atoms with Crippen LogP contribution in [0.2, 0.25) is 0 Å². The van der Waals surface area contributed by atoms with E-state index in [-0.39, 0.29) is 5.56 Å². The SMILES string of the molecule is Cc1ccc(Cn2nc(-c3ccco3)c3sc(N4CCOCC4)nc3c2=O)cc1. The molecule has 7 nitrogen and oxygen atoms in total. The predicted octanol–water partition coefficient (Wildman–Crippen LogP) is 3.31. The van der Waals surface area contributed by atoms with Crippen LogP contribution in [0.5, 0.6) is 0 Å². The summed E-state index contributed by atoms with van der Waals surface area (Å²) in [6, 6.07) is 11.8. The van der Waals surface area contributed by atoms with Gasteiger partial charge in [-0.1, -0.05) is 41.2 Å². The highest BCUT2D eigenvalue weighted by Gasteiger charge is 2.22. The lowest BCUT2D eigenvalue weighted by atomic mass is 10.1. The Hall–Kier alpha value is -2.97. The molecular weight excluding hydrogens is 388 g/mol. The summed E-state index contributed by atoms with van der Waals surface area (Å²) >= 11 is 1.48. The minimum atomic E-state index is -0.188. The number of aryl methyl sites for hydroxylation is 1. The van der Waals surface area contributed by atoms with Gasteiger partial charge in [0.15, 0.2) is 16.4 Å². The van der Waals surface area contributed by atoms with E-state index in [1.165, 1.54) is 21.6 Å². The van der Waals surface area contributed by atoms with Crippen LogP contribution in [0.25, 0.3) is 21.7 Å². The number of fused-ring (bicyclic) bond motifs is 1. The van der Waals surface area contributed by atoms with Crippen LogP contribution in [0.4, 0.5) is 5.13 Å². The summed E-state index contributed by atoms with van der Waals surface area (Å²) in [4.78, 5) is 20.0. The van der Waals surface area contributed by atoms with Crippen molar-refractivity contribution >= 4 is 26.7 Å². The second kappa shape index (κ2) is 7.46. The molecule has 4 aromatic rings. The third-order valence-corrected chi connectivity index (χ3v) is 6.10. The second-order valence-electron chi connectivity index (χ2n) is 7.05. The van der Waals surface area contributed by atoms with Crippen molar-refractivity contribution in [2.45, 2.75) is 13.5 Å². The quantitative estimate of drug-likeness (QED) is 0.516. The van der Waals surface area contributed by atoms with Gasteiger partial charge in [-0.05, 0) is 24.6 Å². The van der Waals surface area contributed by atoms with Crippen LogP contribution in [0.1, 0.15) is 11.1 Å². The van der Waals surface area contributed by atoms with Crippen LogP contribution >= 0.6 is 11.3 Å². The second-order valence-corrected chi connectivity index (χ2v) is 8.03. The molecule has 0 radical (unpaired) electrons. The first-order valence-electron chi connectivity index (χ1n) is 9.53. The Morgan fingerprint density at radius 3 is 2.66 bits per heavy atom. The molecule has 1 fully saturated rings. The molecule has 0 saturated carbocycles. The van der Waals surface area contributed by atoms with Crippen molar-refractivity contribution in [3.63, 3.8) is 0 Å². The molecule has 3 aromatic heterocycles. The van der Waals surface area contributed by atoms with Gasteiger partial charge in [0.1, 0.15) is 5.69 Å². The topological polar surface area (TPSA) is 73.4 Å². The lowest BCUT2D eigenvalue weighted by Crippen LogP contribution is -2.36. The zero-order valence-electron chi connectivity index (χ0n) is 16.0. The summed E-state index contributed by atoms with van der Waals surface area (Å²) in [5.74, 6) is 0.629. The Bertz CT molecular complexity index is 1190. The van der Waals surface area contributed by atoms with Gasteiger partial charge in [0, 0.05) is 13.1 Å². The van der Waals surface area contributed by atoms with Gasteiger partial charge in [0.2, 0.25) is 0 Å². The van der Waals surface area contributed by atoms with Crippen LogP contribution in [0, 0.1) is 6.92 Å². The third kappa shape index (κ3) is 3.45. The number of furan rings is 1. The Morgan fingerprint density at radius 1 is 1.14 bits per heavy atom. The summed E-state index contributed by atoms with van der Waals surface area (Å²) in [5.41, 5.74) is 3.08. The number of morpholine rings is 1. The number of anilines is 1. The van der Waals surface area contributed by atoms with E-state index in [2.05, 4.69) is 10.00 Å². The summed E-state index contributed by atoms with van der Waals surface area (Å²) in [6.45, 7) is 5.28. The van der Waals surface area contributed by atoms with Gasteiger partial charge in [-0.3, -0.25) is 4.79 Å². The maximum absolute atomic E-state index is 13.2. The fraction of sp³-hybridized carbons (Fsp3) is 0.286. The van der Waals surface area contributed by atoms with Crippen molar-refractivity contribution in [3.05, 3.63) is 64.1 Å². The van der Waals surface area contributed by atoms with Crippen LogP contribution in [-0.2, 0) is 11.3 Å². The van der Waals surface area contributed by atoms with Crippen LogP contribution in [0.3, 0.4) is 0 Å². The number of thiazole rings is 1. The molecule has 1 aliphatic heterocycles. The van der Waals surface area contributed by atoms with E-state index < -0.39 is 0 Å².